The second-order valence-corrected chi connectivity index (χ2v) is 10.5. The number of hydrogen-bond acceptors (Lipinski definition) is 6. The van der Waals surface area contributed by atoms with Crippen molar-refractivity contribution in [3.05, 3.63) is 65.5 Å². The maximum atomic E-state index is 13.7. The molecule has 1 heterocycles. The molecule has 2 atom stereocenters. The molecule has 0 aliphatic heterocycles. The number of benzene rings is 2. The van der Waals surface area contributed by atoms with Gasteiger partial charge in [-0.1, -0.05) is 67.2 Å². The Kier molecular flexibility index (Phi) is 9.02. The fourth-order valence-electron chi connectivity index (χ4n) is 3.80. The molecule has 1 aromatic heterocycles. The molecule has 0 saturated heterocycles. The van der Waals surface area contributed by atoms with Gasteiger partial charge >= 0.3 is 0 Å². The van der Waals surface area contributed by atoms with Crippen molar-refractivity contribution in [2.24, 2.45) is 5.92 Å². The molecule has 3 rings (SSSR count). The zero-order valence-corrected chi connectivity index (χ0v) is 20.5. The van der Waals surface area contributed by atoms with Gasteiger partial charge in [-0.2, -0.15) is 9.29 Å². The zero-order chi connectivity index (χ0) is 23.8. The summed E-state index contributed by atoms with van der Waals surface area (Å²) < 4.78 is 33.6. The SMILES string of the molecule is CCCCC[C@H](CO)[C@@H](C)N(Cc1ccc(-c2ncon2)cc1)S(=O)(=O)c1ccc(Cl)cc1. The van der Waals surface area contributed by atoms with Crippen LogP contribution in [0, 0.1) is 5.92 Å². The molecule has 0 radical (unpaired) electrons. The molecule has 7 nitrogen and oxygen atoms in total. The van der Waals surface area contributed by atoms with Gasteiger partial charge in [-0.05, 0) is 49.1 Å². The summed E-state index contributed by atoms with van der Waals surface area (Å²) in [6.45, 7) is 4.08. The molecule has 0 saturated carbocycles. The second-order valence-electron chi connectivity index (χ2n) is 8.13. The summed E-state index contributed by atoms with van der Waals surface area (Å²) >= 11 is 5.98. The Balaban J connectivity index is 1.91. The second kappa shape index (κ2) is 11.7. The van der Waals surface area contributed by atoms with Crippen LogP contribution in [0.25, 0.3) is 11.4 Å². The molecule has 33 heavy (non-hydrogen) atoms. The van der Waals surface area contributed by atoms with Crippen LogP contribution in [0.15, 0.2) is 64.3 Å². The minimum absolute atomic E-state index is 0.0751. The van der Waals surface area contributed by atoms with Gasteiger partial charge in [0.05, 0.1) is 4.90 Å². The summed E-state index contributed by atoms with van der Waals surface area (Å²) in [5, 5.41) is 14.4. The van der Waals surface area contributed by atoms with Crippen LogP contribution in [0.1, 0.15) is 45.1 Å². The Morgan fingerprint density at radius 2 is 1.79 bits per heavy atom. The normalized spacial score (nSPS) is 13.8. The number of rotatable bonds is 12. The highest BCUT2D eigenvalue weighted by Crippen LogP contribution is 2.28. The highest BCUT2D eigenvalue weighted by molar-refractivity contribution is 7.89. The molecule has 1 N–H and O–H groups in total. The minimum atomic E-state index is -3.83. The minimum Gasteiger partial charge on any atom is -0.396 e. The largest absolute Gasteiger partial charge is 0.396 e. The molecule has 0 fully saturated rings. The van der Waals surface area contributed by atoms with E-state index in [-0.39, 0.29) is 24.0 Å². The number of nitrogens with zero attached hydrogens (tertiary/aromatic N) is 3. The van der Waals surface area contributed by atoms with Crippen molar-refractivity contribution >= 4 is 21.6 Å². The first-order chi connectivity index (χ1) is 15.9. The third-order valence-corrected chi connectivity index (χ3v) is 8.08. The molecule has 9 heteroatoms. The van der Waals surface area contributed by atoms with E-state index in [0.29, 0.717) is 10.8 Å². The summed E-state index contributed by atoms with van der Waals surface area (Å²) in [4.78, 5) is 4.21. The van der Waals surface area contributed by atoms with E-state index in [1.165, 1.54) is 22.8 Å². The highest BCUT2D eigenvalue weighted by atomic mass is 35.5. The number of hydrogen-bond donors (Lipinski definition) is 1. The van der Waals surface area contributed by atoms with Crippen molar-refractivity contribution in [1.82, 2.24) is 14.4 Å². The number of aliphatic hydroxyl groups excluding tert-OH is 1. The van der Waals surface area contributed by atoms with Gasteiger partial charge in [0.25, 0.3) is 0 Å². The molecule has 0 bridgehead atoms. The maximum absolute atomic E-state index is 13.7. The molecule has 0 aliphatic carbocycles. The first-order valence-electron chi connectivity index (χ1n) is 11.1. The van der Waals surface area contributed by atoms with Gasteiger partial charge in [0.15, 0.2) is 0 Å². The average molecular weight is 492 g/mol. The lowest BCUT2D eigenvalue weighted by atomic mass is 9.95. The molecule has 0 aliphatic rings. The van der Waals surface area contributed by atoms with Crippen molar-refractivity contribution in [3.8, 4) is 11.4 Å². The van der Waals surface area contributed by atoms with E-state index in [1.807, 2.05) is 31.2 Å². The van der Waals surface area contributed by atoms with Crippen LogP contribution in [0.3, 0.4) is 0 Å². The average Bonchev–Trinajstić information content (AvgIpc) is 3.35. The quantitative estimate of drug-likeness (QED) is 0.351. The van der Waals surface area contributed by atoms with Gasteiger partial charge in [-0.25, -0.2) is 8.42 Å². The van der Waals surface area contributed by atoms with Crippen LogP contribution in [-0.4, -0.2) is 40.6 Å². The standard InChI is InChI=1S/C24H30ClN3O4S/c1-3-4-5-6-21(16-29)18(2)28(33(30,31)23-13-11-22(25)12-14-23)15-19-7-9-20(10-8-19)24-26-17-32-27-24/h7-14,17-18,21,29H,3-6,15-16H2,1-2H3/t18-,21-/m1/s1. The van der Waals surface area contributed by atoms with E-state index in [2.05, 4.69) is 17.1 Å². The molecule has 0 unspecified atom stereocenters. The number of halogens is 1. The molecular formula is C24H30ClN3O4S. The summed E-state index contributed by atoms with van der Waals surface area (Å²) in [7, 11) is -3.83. The van der Waals surface area contributed by atoms with E-state index in [9.17, 15) is 13.5 Å². The first kappa shape index (κ1) is 25.4. The molecule has 3 aromatic rings. The fourth-order valence-corrected chi connectivity index (χ4v) is 5.61. The summed E-state index contributed by atoms with van der Waals surface area (Å²) in [6, 6.07) is 13.2. The molecule has 178 valence electrons. The summed E-state index contributed by atoms with van der Waals surface area (Å²) in [6.07, 6.45) is 5.07. The van der Waals surface area contributed by atoms with Gasteiger partial charge in [0.1, 0.15) is 0 Å². The van der Waals surface area contributed by atoms with E-state index in [0.717, 1.165) is 36.8 Å². The first-order valence-corrected chi connectivity index (χ1v) is 12.9. The van der Waals surface area contributed by atoms with E-state index in [4.69, 9.17) is 16.1 Å². The Morgan fingerprint density at radius 1 is 1.09 bits per heavy atom. The number of sulfonamides is 1. The van der Waals surface area contributed by atoms with Gasteiger partial charge in [-0.3, -0.25) is 0 Å². The Morgan fingerprint density at radius 3 is 2.36 bits per heavy atom. The Bertz CT molecular complexity index is 1090. The van der Waals surface area contributed by atoms with Crippen LogP contribution >= 0.6 is 11.6 Å². The van der Waals surface area contributed by atoms with Crippen LogP contribution in [0.2, 0.25) is 5.02 Å². The molecule has 0 spiro atoms. The number of aromatic nitrogens is 2. The van der Waals surface area contributed by atoms with E-state index < -0.39 is 16.1 Å². The molecule has 0 amide bonds. The fraction of sp³-hybridized carbons (Fsp3) is 0.417. The van der Waals surface area contributed by atoms with Gasteiger partial charge < -0.3 is 9.63 Å². The number of aliphatic hydroxyl groups is 1. The topological polar surface area (TPSA) is 96.5 Å². The van der Waals surface area contributed by atoms with Gasteiger partial charge in [0, 0.05) is 29.8 Å². The summed E-state index contributed by atoms with van der Waals surface area (Å²) in [5.74, 6) is 0.300. The van der Waals surface area contributed by atoms with Gasteiger partial charge in [-0.15, -0.1) is 0 Å². The summed E-state index contributed by atoms with van der Waals surface area (Å²) in [5.41, 5.74) is 1.59. The van der Waals surface area contributed by atoms with E-state index >= 15 is 0 Å². The Labute approximate surface area is 200 Å². The van der Waals surface area contributed by atoms with Crippen molar-refractivity contribution in [2.45, 2.75) is 57.0 Å². The van der Waals surface area contributed by atoms with Crippen molar-refractivity contribution in [3.63, 3.8) is 0 Å². The van der Waals surface area contributed by atoms with Crippen LogP contribution < -0.4 is 0 Å². The van der Waals surface area contributed by atoms with Crippen molar-refractivity contribution in [1.29, 1.82) is 0 Å². The zero-order valence-electron chi connectivity index (χ0n) is 18.9. The lowest BCUT2D eigenvalue weighted by Gasteiger charge is -2.33. The predicted octanol–water partition coefficient (Wildman–Crippen LogP) is 5.16. The smallest absolute Gasteiger partial charge is 0.243 e. The number of unbranched alkanes of at least 4 members (excludes halogenated alkanes) is 2. The lowest BCUT2D eigenvalue weighted by molar-refractivity contribution is 0.145. The highest BCUT2D eigenvalue weighted by Gasteiger charge is 2.33. The monoisotopic (exact) mass is 491 g/mol. The van der Waals surface area contributed by atoms with Crippen molar-refractivity contribution in [2.75, 3.05) is 6.61 Å². The molecule has 2 aromatic carbocycles. The van der Waals surface area contributed by atoms with Gasteiger partial charge in [0.2, 0.25) is 22.2 Å². The maximum Gasteiger partial charge on any atom is 0.243 e. The molecular weight excluding hydrogens is 462 g/mol. The third kappa shape index (κ3) is 6.41. The third-order valence-electron chi connectivity index (χ3n) is 5.88. The predicted molar refractivity (Wildman–Crippen MR) is 128 cm³/mol. The van der Waals surface area contributed by atoms with Crippen LogP contribution in [0.4, 0.5) is 0 Å². The van der Waals surface area contributed by atoms with E-state index in [1.54, 1.807) is 12.1 Å². The van der Waals surface area contributed by atoms with Crippen molar-refractivity contribution < 1.29 is 18.0 Å². The lowest BCUT2D eigenvalue weighted by Crippen LogP contribution is -2.43. The van der Waals surface area contributed by atoms with Crippen LogP contribution in [0.5, 0.6) is 0 Å². The Hall–Kier alpha value is -2.26. The van der Waals surface area contributed by atoms with Crippen LogP contribution in [-0.2, 0) is 16.6 Å².